The highest BCUT2D eigenvalue weighted by atomic mass is 16.7. The van der Waals surface area contributed by atoms with Gasteiger partial charge in [0.25, 0.3) is 0 Å². The quantitative estimate of drug-likeness (QED) is 0.839. The van der Waals surface area contributed by atoms with Crippen molar-refractivity contribution in [1.29, 1.82) is 0 Å². The van der Waals surface area contributed by atoms with Crippen molar-refractivity contribution in [3.05, 3.63) is 53.1 Å². The predicted molar refractivity (Wildman–Crippen MR) is 72.8 cm³/mol. The highest BCUT2D eigenvalue weighted by molar-refractivity contribution is 5.58. The van der Waals surface area contributed by atoms with E-state index in [1.807, 2.05) is 38.1 Å². The van der Waals surface area contributed by atoms with Crippen LogP contribution in [-0.2, 0) is 6.61 Å². The molecule has 19 heavy (non-hydrogen) atoms. The van der Waals surface area contributed by atoms with Gasteiger partial charge < -0.3 is 14.2 Å². The van der Waals surface area contributed by atoms with E-state index in [4.69, 9.17) is 14.2 Å². The van der Waals surface area contributed by atoms with Crippen LogP contribution in [0.4, 0.5) is 0 Å². The van der Waals surface area contributed by atoms with Crippen LogP contribution in [0.3, 0.4) is 0 Å². The third kappa shape index (κ3) is 2.24. The Labute approximate surface area is 112 Å². The molecule has 0 bridgehead atoms. The van der Waals surface area contributed by atoms with Crippen LogP contribution in [0, 0.1) is 13.8 Å². The van der Waals surface area contributed by atoms with Crippen LogP contribution in [0.1, 0.15) is 16.7 Å². The summed E-state index contributed by atoms with van der Waals surface area (Å²) in [4.78, 5) is 0. The average Bonchev–Trinajstić information content (AvgIpc) is 2.92. The van der Waals surface area contributed by atoms with Gasteiger partial charge in [-0.2, -0.15) is 0 Å². The molecule has 0 unspecified atom stereocenters. The average molecular weight is 256 g/mol. The zero-order valence-electron chi connectivity index (χ0n) is 11.1. The van der Waals surface area contributed by atoms with Crippen molar-refractivity contribution in [2.24, 2.45) is 0 Å². The minimum Gasteiger partial charge on any atom is -0.488 e. The first kappa shape index (κ1) is 11.9. The van der Waals surface area contributed by atoms with Gasteiger partial charge >= 0.3 is 0 Å². The largest absolute Gasteiger partial charge is 0.488 e. The summed E-state index contributed by atoms with van der Waals surface area (Å²) >= 11 is 0. The Bertz CT molecular complexity index is 591. The summed E-state index contributed by atoms with van der Waals surface area (Å²) in [5, 5.41) is 0. The van der Waals surface area contributed by atoms with Gasteiger partial charge in [-0.05, 0) is 31.0 Å². The summed E-state index contributed by atoms with van der Waals surface area (Å²) in [7, 11) is 0. The lowest BCUT2D eigenvalue weighted by molar-refractivity contribution is 0.172. The molecule has 3 rings (SSSR count). The van der Waals surface area contributed by atoms with Crippen LogP contribution in [0.25, 0.3) is 0 Å². The molecule has 1 aliphatic heterocycles. The van der Waals surface area contributed by atoms with Gasteiger partial charge in [-0.25, -0.2) is 0 Å². The Morgan fingerprint density at radius 3 is 2.58 bits per heavy atom. The van der Waals surface area contributed by atoms with E-state index in [0.29, 0.717) is 13.4 Å². The van der Waals surface area contributed by atoms with Gasteiger partial charge in [-0.1, -0.05) is 30.3 Å². The Kier molecular flexibility index (Phi) is 3.03. The fourth-order valence-electron chi connectivity index (χ4n) is 2.22. The topological polar surface area (TPSA) is 27.7 Å². The van der Waals surface area contributed by atoms with Crippen molar-refractivity contribution in [1.82, 2.24) is 0 Å². The van der Waals surface area contributed by atoms with Crippen molar-refractivity contribution in [2.45, 2.75) is 20.5 Å². The molecule has 0 atom stereocenters. The predicted octanol–water partition coefficient (Wildman–Crippen LogP) is 3.61. The second-order valence-corrected chi connectivity index (χ2v) is 4.66. The second kappa shape index (κ2) is 4.84. The maximum absolute atomic E-state index is 5.89. The number of hydrogen-bond donors (Lipinski definition) is 0. The molecule has 98 valence electrons. The number of rotatable bonds is 3. The van der Waals surface area contributed by atoms with E-state index in [-0.39, 0.29) is 0 Å². The van der Waals surface area contributed by atoms with E-state index in [2.05, 4.69) is 12.1 Å². The first-order chi connectivity index (χ1) is 9.25. The molecule has 1 heterocycles. The first-order valence-electron chi connectivity index (χ1n) is 6.32. The van der Waals surface area contributed by atoms with Crippen LogP contribution in [0.15, 0.2) is 36.4 Å². The fraction of sp³-hybridized carbons (Fsp3) is 0.250. The molecule has 0 saturated heterocycles. The molecule has 0 fully saturated rings. The van der Waals surface area contributed by atoms with Gasteiger partial charge in [0, 0.05) is 5.56 Å². The van der Waals surface area contributed by atoms with Gasteiger partial charge in [0.2, 0.25) is 6.79 Å². The van der Waals surface area contributed by atoms with E-state index in [1.165, 1.54) is 0 Å². The third-order valence-corrected chi connectivity index (χ3v) is 3.27. The number of fused-ring (bicyclic) bond motifs is 1. The number of ether oxygens (including phenoxy) is 3. The summed E-state index contributed by atoms with van der Waals surface area (Å²) in [6.45, 7) is 4.84. The lowest BCUT2D eigenvalue weighted by Crippen LogP contribution is -1.98. The monoisotopic (exact) mass is 256 g/mol. The number of hydrogen-bond acceptors (Lipinski definition) is 3. The summed E-state index contributed by atoms with van der Waals surface area (Å²) in [5.74, 6) is 2.50. The molecule has 3 nitrogen and oxygen atoms in total. The maximum atomic E-state index is 5.89. The Morgan fingerprint density at radius 2 is 1.79 bits per heavy atom. The summed E-state index contributed by atoms with van der Waals surface area (Å²) in [5.41, 5.74) is 3.19. The molecule has 0 radical (unpaired) electrons. The molecule has 0 amide bonds. The molecule has 0 spiro atoms. The lowest BCUT2D eigenvalue weighted by atomic mass is 10.1. The smallest absolute Gasteiger partial charge is 0.231 e. The van der Waals surface area contributed by atoms with Crippen LogP contribution >= 0.6 is 0 Å². The molecule has 2 aromatic carbocycles. The number of benzene rings is 2. The molecule has 0 N–H and O–H groups in total. The molecule has 3 heteroatoms. The highest BCUT2D eigenvalue weighted by Gasteiger charge is 2.21. The zero-order chi connectivity index (χ0) is 13.2. The summed E-state index contributed by atoms with van der Waals surface area (Å²) < 4.78 is 16.8. The van der Waals surface area contributed by atoms with Crippen molar-refractivity contribution in [3.63, 3.8) is 0 Å². The molecule has 0 aromatic heterocycles. The molecule has 0 aliphatic carbocycles. The second-order valence-electron chi connectivity index (χ2n) is 4.66. The standard InChI is InChI=1S/C16H16O3/c1-11-8-14(12(2)16-15(11)18-10-19-16)17-9-13-6-4-3-5-7-13/h3-8H,9-10H2,1-2H3. The van der Waals surface area contributed by atoms with Crippen molar-refractivity contribution < 1.29 is 14.2 Å². The maximum Gasteiger partial charge on any atom is 0.231 e. The van der Waals surface area contributed by atoms with Gasteiger partial charge in [-0.15, -0.1) is 0 Å². The minimum atomic E-state index is 0.291. The first-order valence-corrected chi connectivity index (χ1v) is 6.32. The van der Waals surface area contributed by atoms with Gasteiger partial charge in [0.05, 0.1) is 0 Å². The Balaban J connectivity index is 1.84. The Hall–Kier alpha value is -2.16. The fourth-order valence-corrected chi connectivity index (χ4v) is 2.22. The normalized spacial score (nSPS) is 12.5. The van der Waals surface area contributed by atoms with Gasteiger partial charge in [0.15, 0.2) is 11.5 Å². The summed E-state index contributed by atoms with van der Waals surface area (Å²) in [6, 6.07) is 12.1. The number of aryl methyl sites for hydroxylation is 1. The minimum absolute atomic E-state index is 0.291. The van der Waals surface area contributed by atoms with Crippen LogP contribution in [-0.4, -0.2) is 6.79 Å². The summed E-state index contributed by atoms with van der Waals surface area (Å²) in [6.07, 6.45) is 0. The van der Waals surface area contributed by atoms with Gasteiger partial charge in [0.1, 0.15) is 12.4 Å². The van der Waals surface area contributed by atoms with Crippen molar-refractivity contribution >= 4 is 0 Å². The molecular formula is C16H16O3. The third-order valence-electron chi connectivity index (χ3n) is 3.27. The van der Waals surface area contributed by atoms with E-state index in [1.54, 1.807) is 0 Å². The van der Waals surface area contributed by atoms with Crippen LogP contribution in [0.2, 0.25) is 0 Å². The van der Waals surface area contributed by atoms with E-state index in [0.717, 1.165) is 33.9 Å². The molecular weight excluding hydrogens is 240 g/mol. The lowest BCUT2D eigenvalue weighted by Gasteiger charge is -2.12. The molecule has 2 aromatic rings. The molecule has 1 aliphatic rings. The van der Waals surface area contributed by atoms with E-state index < -0.39 is 0 Å². The van der Waals surface area contributed by atoms with Crippen molar-refractivity contribution in [3.8, 4) is 17.2 Å². The Morgan fingerprint density at radius 1 is 1.05 bits per heavy atom. The SMILES string of the molecule is Cc1cc(OCc2ccccc2)c(C)c2c1OCO2. The van der Waals surface area contributed by atoms with Crippen LogP contribution < -0.4 is 14.2 Å². The highest BCUT2D eigenvalue weighted by Crippen LogP contribution is 2.43. The van der Waals surface area contributed by atoms with E-state index in [9.17, 15) is 0 Å². The van der Waals surface area contributed by atoms with Crippen molar-refractivity contribution in [2.75, 3.05) is 6.79 Å². The zero-order valence-corrected chi connectivity index (χ0v) is 11.1. The van der Waals surface area contributed by atoms with Gasteiger partial charge in [-0.3, -0.25) is 0 Å². The van der Waals surface area contributed by atoms with Crippen LogP contribution in [0.5, 0.6) is 17.2 Å². The van der Waals surface area contributed by atoms with E-state index >= 15 is 0 Å². The molecule has 0 saturated carbocycles.